The van der Waals surface area contributed by atoms with Crippen molar-refractivity contribution in [3.8, 4) is 0 Å². The van der Waals surface area contributed by atoms with E-state index in [1.807, 2.05) is 6.92 Å². The first-order chi connectivity index (χ1) is 9.45. The van der Waals surface area contributed by atoms with E-state index in [-0.39, 0.29) is 24.2 Å². The van der Waals surface area contributed by atoms with Crippen LogP contribution in [0.2, 0.25) is 0 Å². The van der Waals surface area contributed by atoms with Gasteiger partial charge in [0.05, 0.1) is 18.4 Å². The third kappa shape index (κ3) is 4.83. The molecule has 2 N–H and O–H groups in total. The lowest BCUT2D eigenvalue weighted by atomic mass is 9.95. The van der Waals surface area contributed by atoms with E-state index in [0.717, 1.165) is 0 Å². The predicted molar refractivity (Wildman–Crippen MR) is 71.9 cm³/mol. The van der Waals surface area contributed by atoms with E-state index < -0.39 is 17.8 Å². The van der Waals surface area contributed by atoms with E-state index in [9.17, 15) is 14.4 Å². The van der Waals surface area contributed by atoms with Gasteiger partial charge < -0.3 is 15.2 Å². The second-order valence-corrected chi connectivity index (χ2v) is 5.33. The topological polar surface area (TPSA) is 92.7 Å². The lowest BCUT2D eigenvalue weighted by Gasteiger charge is -2.15. The zero-order chi connectivity index (χ0) is 15.1. The van der Waals surface area contributed by atoms with Crippen LogP contribution < -0.4 is 5.32 Å². The standard InChI is InChI=1S/C14H23NO5/c1-3-20-12(16)5-4-6-15-13(17)10-7-9(2)8-11(10)14(18)19/h9-11H,3-8H2,1-2H3,(H,15,17)(H,18,19)/t9?,10-,11+/m0/s1. The Bertz CT molecular complexity index is 369. The maximum atomic E-state index is 12.0. The molecule has 3 atom stereocenters. The Kier molecular flexibility index (Phi) is 6.48. The first-order valence-corrected chi connectivity index (χ1v) is 7.11. The van der Waals surface area contributed by atoms with E-state index >= 15 is 0 Å². The Labute approximate surface area is 118 Å². The summed E-state index contributed by atoms with van der Waals surface area (Å²) in [6, 6.07) is 0. The minimum atomic E-state index is -0.902. The van der Waals surface area contributed by atoms with Crippen molar-refractivity contribution in [3.05, 3.63) is 0 Å². The number of esters is 1. The van der Waals surface area contributed by atoms with Gasteiger partial charge in [0.15, 0.2) is 0 Å². The van der Waals surface area contributed by atoms with Crippen molar-refractivity contribution in [3.63, 3.8) is 0 Å². The van der Waals surface area contributed by atoms with Gasteiger partial charge in [-0.05, 0) is 32.1 Å². The fourth-order valence-electron chi connectivity index (χ4n) is 2.66. The molecule has 1 rings (SSSR count). The average molecular weight is 285 g/mol. The molecule has 0 heterocycles. The first kappa shape index (κ1) is 16.5. The molecule has 20 heavy (non-hydrogen) atoms. The summed E-state index contributed by atoms with van der Waals surface area (Å²) in [6.07, 6.45) is 1.93. The van der Waals surface area contributed by atoms with Crippen molar-refractivity contribution in [2.45, 2.75) is 39.5 Å². The number of ether oxygens (including phenoxy) is 1. The molecule has 1 amide bonds. The number of carboxylic acids is 1. The SMILES string of the molecule is CCOC(=O)CCCNC(=O)[C@H]1CC(C)C[C@H]1C(=O)O. The highest BCUT2D eigenvalue weighted by atomic mass is 16.5. The molecule has 0 aliphatic heterocycles. The number of carbonyl (C=O) groups excluding carboxylic acids is 2. The van der Waals surface area contributed by atoms with Gasteiger partial charge in [-0.15, -0.1) is 0 Å². The van der Waals surface area contributed by atoms with Crippen LogP contribution in [0.15, 0.2) is 0 Å². The van der Waals surface area contributed by atoms with Crippen molar-refractivity contribution >= 4 is 17.8 Å². The van der Waals surface area contributed by atoms with Crippen molar-refractivity contribution in [2.24, 2.45) is 17.8 Å². The minimum absolute atomic E-state index is 0.217. The molecule has 6 nitrogen and oxygen atoms in total. The third-order valence-corrected chi connectivity index (χ3v) is 3.61. The molecule has 6 heteroatoms. The summed E-state index contributed by atoms with van der Waals surface area (Å²) in [5.41, 5.74) is 0. The molecule has 0 saturated heterocycles. The van der Waals surface area contributed by atoms with Crippen LogP contribution in [0.3, 0.4) is 0 Å². The smallest absolute Gasteiger partial charge is 0.307 e. The van der Waals surface area contributed by atoms with E-state index in [0.29, 0.717) is 32.4 Å². The summed E-state index contributed by atoms with van der Waals surface area (Å²) >= 11 is 0. The van der Waals surface area contributed by atoms with Crippen LogP contribution in [0, 0.1) is 17.8 Å². The zero-order valence-electron chi connectivity index (χ0n) is 12.1. The van der Waals surface area contributed by atoms with Gasteiger partial charge in [-0.3, -0.25) is 14.4 Å². The average Bonchev–Trinajstić information content (AvgIpc) is 2.77. The predicted octanol–water partition coefficient (Wildman–Crippen LogP) is 1.19. The van der Waals surface area contributed by atoms with Crippen molar-refractivity contribution in [2.75, 3.05) is 13.2 Å². The largest absolute Gasteiger partial charge is 0.481 e. The Hall–Kier alpha value is -1.59. The molecular formula is C14H23NO5. The second kappa shape index (κ2) is 7.87. The fourth-order valence-corrected chi connectivity index (χ4v) is 2.66. The van der Waals surface area contributed by atoms with E-state index in [2.05, 4.69) is 5.32 Å². The number of nitrogens with one attached hydrogen (secondary N) is 1. The number of amides is 1. The van der Waals surface area contributed by atoms with Gasteiger partial charge in [0, 0.05) is 13.0 Å². The Morgan fingerprint density at radius 2 is 1.90 bits per heavy atom. The number of hydrogen-bond acceptors (Lipinski definition) is 4. The van der Waals surface area contributed by atoms with Crippen LogP contribution in [-0.2, 0) is 19.1 Å². The van der Waals surface area contributed by atoms with E-state index in [1.165, 1.54) is 0 Å². The normalized spacial score (nSPS) is 25.2. The Morgan fingerprint density at radius 1 is 1.25 bits per heavy atom. The van der Waals surface area contributed by atoms with E-state index in [4.69, 9.17) is 9.84 Å². The summed E-state index contributed by atoms with van der Waals surface area (Å²) < 4.78 is 4.78. The minimum Gasteiger partial charge on any atom is -0.481 e. The second-order valence-electron chi connectivity index (χ2n) is 5.33. The lowest BCUT2D eigenvalue weighted by molar-refractivity contribution is -0.146. The molecular weight excluding hydrogens is 262 g/mol. The molecule has 0 aromatic rings. The fraction of sp³-hybridized carbons (Fsp3) is 0.786. The molecule has 0 bridgehead atoms. The molecule has 1 fully saturated rings. The lowest BCUT2D eigenvalue weighted by Crippen LogP contribution is -2.35. The molecule has 114 valence electrons. The van der Waals surface area contributed by atoms with Gasteiger partial charge in [0.25, 0.3) is 0 Å². The monoisotopic (exact) mass is 285 g/mol. The molecule has 0 aromatic carbocycles. The highest BCUT2D eigenvalue weighted by Crippen LogP contribution is 2.36. The quantitative estimate of drug-likeness (QED) is 0.541. The summed E-state index contributed by atoms with van der Waals surface area (Å²) in [6.45, 7) is 4.43. The van der Waals surface area contributed by atoms with Gasteiger partial charge in [0.1, 0.15) is 0 Å². The Morgan fingerprint density at radius 3 is 2.50 bits per heavy atom. The van der Waals surface area contributed by atoms with Gasteiger partial charge in [0.2, 0.25) is 5.91 Å². The van der Waals surface area contributed by atoms with Gasteiger partial charge >= 0.3 is 11.9 Å². The molecule has 1 unspecified atom stereocenters. The molecule has 0 radical (unpaired) electrons. The zero-order valence-corrected chi connectivity index (χ0v) is 12.1. The summed E-state index contributed by atoms with van der Waals surface area (Å²) in [4.78, 5) is 34.2. The van der Waals surface area contributed by atoms with Gasteiger partial charge in [-0.1, -0.05) is 6.92 Å². The third-order valence-electron chi connectivity index (χ3n) is 3.61. The molecule has 1 aliphatic carbocycles. The highest BCUT2D eigenvalue weighted by Gasteiger charge is 2.40. The van der Waals surface area contributed by atoms with Crippen LogP contribution >= 0.6 is 0 Å². The van der Waals surface area contributed by atoms with Crippen LogP contribution in [0.5, 0.6) is 0 Å². The number of carboxylic acid groups (broad SMARTS) is 1. The number of hydrogen-bond donors (Lipinski definition) is 2. The maximum Gasteiger partial charge on any atom is 0.307 e. The molecule has 1 saturated carbocycles. The van der Waals surface area contributed by atoms with Crippen molar-refractivity contribution in [1.29, 1.82) is 0 Å². The molecule has 0 spiro atoms. The van der Waals surface area contributed by atoms with Crippen LogP contribution in [-0.4, -0.2) is 36.1 Å². The highest BCUT2D eigenvalue weighted by molar-refractivity contribution is 5.85. The van der Waals surface area contributed by atoms with Crippen LogP contribution in [0.1, 0.15) is 39.5 Å². The van der Waals surface area contributed by atoms with Gasteiger partial charge in [-0.2, -0.15) is 0 Å². The van der Waals surface area contributed by atoms with Crippen molar-refractivity contribution < 1.29 is 24.2 Å². The van der Waals surface area contributed by atoms with Gasteiger partial charge in [-0.25, -0.2) is 0 Å². The van der Waals surface area contributed by atoms with Crippen LogP contribution in [0.4, 0.5) is 0 Å². The molecule has 1 aliphatic rings. The summed E-state index contributed by atoms with van der Waals surface area (Å²) in [5.74, 6) is -2.18. The number of carbonyl (C=O) groups is 3. The maximum absolute atomic E-state index is 12.0. The molecule has 0 aromatic heterocycles. The van der Waals surface area contributed by atoms with E-state index in [1.54, 1.807) is 6.92 Å². The Balaban J connectivity index is 2.31. The number of rotatable bonds is 7. The summed E-state index contributed by atoms with van der Waals surface area (Å²) in [7, 11) is 0. The summed E-state index contributed by atoms with van der Waals surface area (Å²) in [5, 5.41) is 11.8. The first-order valence-electron chi connectivity index (χ1n) is 7.11. The number of aliphatic carboxylic acids is 1. The van der Waals surface area contributed by atoms with Crippen molar-refractivity contribution in [1.82, 2.24) is 5.32 Å². The van der Waals surface area contributed by atoms with Crippen LogP contribution in [0.25, 0.3) is 0 Å².